The average molecular weight is 375 g/mol. The predicted octanol–water partition coefficient (Wildman–Crippen LogP) is 5.86. The van der Waals surface area contributed by atoms with Gasteiger partial charge in [0.25, 0.3) is 0 Å². The number of pyridine rings is 1. The van der Waals surface area contributed by atoms with E-state index in [1.165, 1.54) is 18.4 Å². The minimum Gasteiger partial charge on any atom is -0.497 e. The number of ether oxygens (including phenoxy) is 1. The number of hydrogen-bond acceptors (Lipinski definition) is 3. The van der Waals surface area contributed by atoms with Crippen LogP contribution >= 0.6 is 0 Å². The standard InChI is InChI=1S/C24H25NO3/c1-3-4-5-6-17-15-22(18-7-9-20(10-8-18)24(26)27)23(25-16-17)19-11-13-21(28-2)14-12-19/h7-16H,3-6H2,1-2H3,(H,26,27). The van der Waals surface area contributed by atoms with Crippen LogP contribution in [0.1, 0.15) is 42.1 Å². The van der Waals surface area contributed by atoms with Gasteiger partial charge in [0, 0.05) is 17.3 Å². The minimum absolute atomic E-state index is 0.279. The van der Waals surface area contributed by atoms with Crippen LogP contribution in [0.3, 0.4) is 0 Å². The summed E-state index contributed by atoms with van der Waals surface area (Å²) in [5, 5.41) is 9.17. The number of aromatic carboxylic acids is 1. The summed E-state index contributed by atoms with van der Waals surface area (Å²) < 4.78 is 5.25. The zero-order chi connectivity index (χ0) is 19.9. The summed E-state index contributed by atoms with van der Waals surface area (Å²) in [6.45, 7) is 2.19. The van der Waals surface area contributed by atoms with Gasteiger partial charge in [-0.1, -0.05) is 31.9 Å². The van der Waals surface area contributed by atoms with Gasteiger partial charge in [0.1, 0.15) is 5.75 Å². The van der Waals surface area contributed by atoms with Crippen LogP contribution in [0, 0.1) is 0 Å². The number of rotatable bonds is 8. The van der Waals surface area contributed by atoms with Crippen LogP contribution in [0.5, 0.6) is 5.75 Å². The molecule has 0 unspecified atom stereocenters. The van der Waals surface area contributed by atoms with E-state index in [4.69, 9.17) is 14.8 Å². The maximum atomic E-state index is 11.2. The molecule has 1 heterocycles. The molecule has 0 saturated carbocycles. The lowest BCUT2D eigenvalue weighted by Crippen LogP contribution is -1.97. The highest BCUT2D eigenvalue weighted by Gasteiger charge is 2.12. The van der Waals surface area contributed by atoms with Gasteiger partial charge in [-0.3, -0.25) is 4.98 Å². The molecule has 0 saturated heterocycles. The summed E-state index contributed by atoms with van der Waals surface area (Å²) >= 11 is 0. The fourth-order valence-electron chi connectivity index (χ4n) is 3.22. The van der Waals surface area contributed by atoms with Gasteiger partial charge in [0.15, 0.2) is 0 Å². The van der Waals surface area contributed by atoms with E-state index in [-0.39, 0.29) is 5.56 Å². The third-order valence-corrected chi connectivity index (χ3v) is 4.82. The maximum Gasteiger partial charge on any atom is 0.335 e. The van der Waals surface area contributed by atoms with E-state index in [0.29, 0.717) is 0 Å². The summed E-state index contributed by atoms with van der Waals surface area (Å²) in [6, 6.07) is 17.0. The Bertz CT molecular complexity index is 931. The first-order chi connectivity index (χ1) is 13.6. The number of unbranched alkanes of at least 4 members (excludes halogenated alkanes) is 2. The van der Waals surface area contributed by atoms with Gasteiger partial charge in [-0.2, -0.15) is 0 Å². The number of aryl methyl sites for hydroxylation is 1. The van der Waals surface area contributed by atoms with Gasteiger partial charge in [-0.15, -0.1) is 0 Å². The molecule has 0 bridgehead atoms. The van der Waals surface area contributed by atoms with E-state index in [2.05, 4.69) is 13.0 Å². The van der Waals surface area contributed by atoms with E-state index in [1.807, 2.05) is 42.6 Å². The summed E-state index contributed by atoms with van der Waals surface area (Å²) in [4.78, 5) is 15.9. The van der Waals surface area contributed by atoms with Gasteiger partial charge in [0.05, 0.1) is 18.4 Å². The highest BCUT2D eigenvalue weighted by atomic mass is 16.5. The molecule has 144 valence electrons. The fourth-order valence-corrected chi connectivity index (χ4v) is 3.22. The van der Waals surface area contributed by atoms with Gasteiger partial charge < -0.3 is 9.84 Å². The van der Waals surface area contributed by atoms with Crippen LogP contribution in [-0.2, 0) is 6.42 Å². The first-order valence-corrected chi connectivity index (χ1v) is 9.59. The average Bonchev–Trinajstić information content (AvgIpc) is 2.74. The van der Waals surface area contributed by atoms with Crippen molar-refractivity contribution in [3.05, 3.63) is 71.9 Å². The molecule has 2 aromatic carbocycles. The Morgan fingerprint density at radius 2 is 1.68 bits per heavy atom. The molecule has 0 aliphatic heterocycles. The maximum absolute atomic E-state index is 11.2. The summed E-state index contributed by atoms with van der Waals surface area (Å²) in [5.74, 6) is -0.124. The summed E-state index contributed by atoms with van der Waals surface area (Å²) in [5.41, 5.74) is 5.32. The lowest BCUT2D eigenvalue weighted by atomic mass is 9.96. The second kappa shape index (κ2) is 9.18. The second-order valence-corrected chi connectivity index (χ2v) is 6.81. The SMILES string of the molecule is CCCCCc1cnc(-c2ccc(OC)cc2)c(-c2ccc(C(=O)O)cc2)c1. The van der Waals surface area contributed by atoms with E-state index in [0.717, 1.165) is 41.0 Å². The molecule has 0 atom stereocenters. The van der Waals surface area contributed by atoms with Crippen molar-refractivity contribution in [3.8, 4) is 28.1 Å². The number of carboxylic acid groups (broad SMARTS) is 1. The zero-order valence-electron chi connectivity index (χ0n) is 16.3. The van der Waals surface area contributed by atoms with Gasteiger partial charge in [-0.25, -0.2) is 4.79 Å². The number of aromatic nitrogens is 1. The Kier molecular flexibility index (Phi) is 6.43. The quantitative estimate of drug-likeness (QED) is 0.501. The van der Waals surface area contributed by atoms with Crippen LogP contribution in [0.4, 0.5) is 0 Å². The molecule has 0 aliphatic rings. The molecule has 0 aliphatic carbocycles. The lowest BCUT2D eigenvalue weighted by Gasteiger charge is -2.13. The van der Waals surface area contributed by atoms with Crippen molar-refractivity contribution in [1.82, 2.24) is 4.98 Å². The van der Waals surface area contributed by atoms with E-state index in [1.54, 1.807) is 19.2 Å². The van der Waals surface area contributed by atoms with Crippen molar-refractivity contribution >= 4 is 5.97 Å². The monoisotopic (exact) mass is 375 g/mol. The summed E-state index contributed by atoms with van der Waals surface area (Å²) in [6.07, 6.45) is 6.45. The van der Waals surface area contributed by atoms with Crippen molar-refractivity contribution in [3.63, 3.8) is 0 Å². The largest absolute Gasteiger partial charge is 0.497 e. The molecule has 4 nitrogen and oxygen atoms in total. The Hall–Kier alpha value is -3.14. The number of hydrogen-bond donors (Lipinski definition) is 1. The molecule has 0 radical (unpaired) electrons. The van der Waals surface area contributed by atoms with Crippen LogP contribution in [-0.4, -0.2) is 23.2 Å². The highest BCUT2D eigenvalue weighted by molar-refractivity contribution is 5.89. The summed E-state index contributed by atoms with van der Waals surface area (Å²) in [7, 11) is 1.65. The van der Waals surface area contributed by atoms with Crippen LogP contribution in [0.15, 0.2) is 60.8 Å². The predicted molar refractivity (Wildman–Crippen MR) is 112 cm³/mol. The molecule has 0 spiro atoms. The third-order valence-electron chi connectivity index (χ3n) is 4.82. The Labute approximate surface area is 165 Å². The first kappa shape index (κ1) is 19.6. The third kappa shape index (κ3) is 4.58. The minimum atomic E-state index is -0.923. The molecule has 1 N–H and O–H groups in total. The smallest absolute Gasteiger partial charge is 0.335 e. The highest BCUT2D eigenvalue weighted by Crippen LogP contribution is 2.32. The van der Waals surface area contributed by atoms with E-state index >= 15 is 0 Å². The normalized spacial score (nSPS) is 10.6. The Morgan fingerprint density at radius 1 is 1.00 bits per heavy atom. The van der Waals surface area contributed by atoms with Gasteiger partial charge >= 0.3 is 5.97 Å². The number of carbonyl (C=O) groups is 1. The number of nitrogens with zero attached hydrogens (tertiary/aromatic N) is 1. The van der Waals surface area contributed by atoms with E-state index in [9.17, 15) is 4.79 Å². The first-order valence-electron chi connectivity index (χ1n) is 9.59. The molecular formula is C24H25NO3. The second-order valence-electron chi connectivity index (χ2n) is 6.81. The number of benzene rings is 2. The number of carboxylic acids is 1. The molecule has 0 amide bonds. The van der Waals surface area contributed by atoms with Crippen molar-refractivity contribution in [2.45, 2.75) is 32.6 Å². The topological polar surface area (TPSA) is 59.4 Å². The van der Waals surface area contributed by atoms with Crippen molar-refractivity contribution < 1.29 is 14.6 Å². The molecule has 28 heavy (non-hydrogen) atoms. The van der Waals surface area contributed by atoms with Crippen molar-refractivity contribution in [2.24, 2.45) is 0 Å². The molecule has 3 aromatic rings. The van der Waals surface area contributed by atoms with Crippen molar-refractivity contribution in [2.75, 3.05) is 7.11 Å². The Balaban J connectivity index is 2.03. The molecular weight excluding hydrogens is 350 g/mol. The van der Waals surface area contributed by atoms with Crippen LogP contribution < -0.4 is 4.74 Å². The molecule has 1 aromatic heterocycles. The lowest BCUT2D eigenvalue weighted by molar-refractivity contribution is 0.0697. The zero-order valence-corrected chi connectivity index (χ0v) is 16.3. The molecule has 3 rings (SSSR count). The molecule has 4 heteroatoms. The number of methoxy groups -OCH3 is 1. The van der Waals surface area contributed by atoms with Gasteiger partial charge in [0.2, 0.25) is 0 Å². The van der Waals surface area contributed by atoms with Crippen LogP contribution in [0.25, 0.3) is 22.4 Å². The Morgan fingerprint density at radius 3 is 2.29 bits per heavy atom. The molecule has 0 fully saturated rings. The van der Waals surface area contributed by atoms with Crippen LogP contribution in [0.2, 0.25) is 0 Å². The fraction of sp³-hybridized carbons (Fsp3) is 0.250. The van der Waals surface area contributed by atoms with Gasteiger partial charge in [-0.05, 0) is 66.4 Å². The van der Waals surface area contributed by atoms with E-state index < -0.39 is 5.97 Å². The van der Waals surface area contributed by atoms with Crippen molar-refractivity contribution in [1.29, 1.82) is 0 Å².